The molecule has 1 aromatic heterocycles. The summed E-state index contributed by atoms with van der Waals surface area (Å²) >= 11 is 6.17. The molecule has 0 amide bonds. The highest BCUT2D eigenvalue weighted by Crippen LogP contribution is 2.28. The number of halogens is 1. The first kappa shape index (κ1) is 15.0. The van der Waals surface area contributed by atoms with Crippen molar-refractivity contribution in [3.8, 4) is 11.5 Å². The van der Waals surface area contributed by atoms with E-state index in [1.54, 1.807) is 7.11 Å². The van der Waals surface area contributed by atoms with E-state index >= 15 is 0 Å². The van der Waals surface area contributed by atoms with Crippen molar-refractivity contribution in [3.05, 3.63) is 40.7 Å². The lowest BCUT2D eigenvalue weighted by atomic mass is 10.2. The van der Waals surface area contributed by atoms with Gasteiger partial charge >= 0.3 is 0 Å². The number of hydrogen-bond donors (Lipinski definition) is 0. The number of rotatable bonds is 6. The van der Waals surface area contributed by atoms with Gasteiger partial charge in [-0.05, 0) is 26.1 Å². The molecule has 108 valence electrons. The molecule has 0 N–H and O–H groups in total. The molecular weight excluding hydrogens is 276 g/mol. The van der Waals surface area contributed by atoms with Gasteiger partial charge in [0.15, 0.2) is 0 Å². The molecule has 2 aromatic rings. The van der Waals surface area contributed by atoms with E-state index in [2.05, 4.69) is 9.88 Å². The van der Waals surface area contributed by atoms with Crippen molar-refractivity contribution in [2.24, 2.45) is 0 Å². The minimum atomic E-state index is 0.572. The van der Waals surface area contributed by atoms with Crippen LogP contribution in [0.4, 0.5) is 0 Å². The van der Waals surface area contributed by atoms with Crippen LogP contribution >= 0.6 is 11.6 Å². The Morgan fingerprint density at radius 1 is 1.35 bits per heavy atom. The third kappa shape index (κ3) is 3.60. The molecule has 0 saturated heterocycles. The van der Waals surface area contributed by atoms with E-state index in [1.165, 1.54) is 0 Å². The minimum absolute atomic E-state index is 0.572. The molecular formula is C15H19ClN2O2. The highest BCUT2D eigenvalue weighted by atomic mass is 35.5. The fraction of sp³-hybridized carbons (Fsp3) is 0.400. The zero-order valence-electron chi connectivity index (χ0n) is 12.0. The second-order valence-corrected chi connectivity index (χ2v) is 5.14. The molecule has 0 unspecified atom stereocenters. The van der Waals surface area contributed by atoms with Gasteiger partial charge in [0.1, 0.15) is 5.76 Å². The van der Waals surface area contributed by atoms with Crippen LogP contribution in [-0.2, 0) is 11.3 Å². The minimum Gasteiger partial charge on any atom is -0.441 e. The fourth-order valence-corrected chi connectivity index (χ4v) is 2.12. The van der Waals surface area contributed by atoms with Gasteiger partial charge in [-0.3, -0.25) is 4.90 Å². The SMILES string of the molecule is COCCN(C)Cc1nc(-c2ccccc2Cl)oc1C. The maximum absolute atomic E-state index is 6.17. The molecule has 0 aliphatic carbocycles. The smallest absolute Gasteiger partial charge is 0.228 e. The predicted molar refractivity (Wildman–Crippen MR) is 79.9 cm³/mol. The van der Waals surface area contributed by atoms with Gasteiger partial charge in [-0.15, -0.1) is 0 Å². The molecule has 0 saturated carbocycles. The summed E-state index contributed by atoms with van der Waals surface area (Å²) in [4.78, 5) is 6.70. The van der Waals surface area contributed by atoms with Crippen molar-refractivity contribution in [2.45, 2.75) is 13.5 Å². The molecule has 4 nitrogen and oxygen atoms in total. The van der Waals surface area contributed by atoms with Gasteiger partial charge in [0.05, 0.1) is 22.9 Å². The lowest BCUT2D eigenvalue weighted by Gasteiger charge is -2.14. The summed E-state index contributed by atoms with van der Waals surface area (Å²) < 4.78 is 10.8. The van der Waals surface area contributed by atoms with Crippen LogP contribution in [0.2, 0.25) is 5.02 Å². The van der Waals surface area contributed by atoms with Crippen LogP contribution in [0, 0.1) is 6.92 Å². The number of aryl methyl sites for hydroxylation is 1. The van der Waals surface area contributed by atoms with Crippen LogP contribution in [0.5, 0.6) is 0 Å². The lowest BCUT2D eigenvalue weighted by molar-refractivity contribution is 0.158. The molecule has 0 fully saturated rings. The third-order valence-electron chi connectivity index (χ3n) is 3.09. The van der Waals surface area contributed by atoms with Crippen molar-refractivity contribution < 1.29 is 9.15 Å². The van der Waals surface area contributed by atoms with E-state index in [-0.39, 0.29) is 0 Å². The maximum atomic E-state index is 6.17. The Hall–Kier alpha value is -1.36. The van der Waals surface area contributed by atoms with Crippen molar-refractivity contribution in [1.82, 2.24) is 9.88 Å². The van der Waals surface area contributed by atoms with Crippen molar-refractivity contribution in [1.29, 1.82) is 0 Å². The number of aromatic nitrogens is 1. The topological polar surface area (TPSA) is 38.5 Å². The van der Waals surface area contributed by atoms with Gasteiger partial charge in [-0.25, -0.2) is 4.98 Å². The maximum Gasteiger partial charge on any atom is 0.228 e. The monoisotopic (exact) mass is 294 g/mol. The Labute approximate surface area is 124 Å². The van der Waals surface area contributed by atoms with Crippen molar-refractivity contribution >= 4 is 11.6 Å². The largest absolute Gasteiger partial charge is 0.441 e. The van der Waals surface area contributed by atoms with Gasteiger partial charge in [0.25, 0.3) is 0 Å². The molecule has 0 aliphatic rings. The molecule has 0 radical (unpaired) electrons. The number of methoxy groups -OCH3 is 1. The third-order valence-corrected chi connectivity index (χ3v) is 3.42. The summed E-state index contributed by atoms with van der Waals surface area (Å²) in [5.41, 5.74) is 1.75. The number of likely N-dealkylation sites (N-methyl/N-ethyl adjacent to an activating group) is 1. The van der Waals surface area contributed by atoms with Crippen LogP contribution in [0.1, 0.15) is 11.5 Å². The summed E-state index contributed by atoms with van der Waals surface area (Å²) in [6.45, 7) is 4.20. The average Bonchev–Trinajstić information content (AvgIpc) is 2.78. The van der Waals surface area contributed by atoms with E-state index in [0.29, 0.717) is 17.5 Å². The van der Waals surface area contributed by atoms with E-state index in [4.69, 9.17) is 20.8 Å². The number of oxazole rings is 1. The Balaban J connectivity index is 2.16. The van der Waals surface area contributed by atoms with Gasteiger partial charge in [-0.2, -0.15) is 0 Å². The van der Waals surface area contributed by atoms with Gasteiger partial charge in [0.2, 0.25) is 5.89 Å². The van der Waals surface area contributed by atoms with Crippen LogP contribution in [0.25, 0.3) is 11.5 Å². The van der Waals surface area contributed by atoms with E-state index in [1.807, 2.05) is 38.2 Å². The summed E-state index contributed by atoms with van der Waals surface area (Å²) in [5, 5.41) is 0.646. The molecule has 0 spiro atoms. The van der Waals surface area contributed by atoms with Crippen LogP contribution in [0.3, 0.4) is 0 Å². The van der Waals surface area contributed by atoms with Gasteiger partial charge in [-0.1, -0.05) is 23.7 Å². The predicted octanol–water partition coefficient (Wildman–Crippen LogP) is 3.38. The molecule has 2 rings (SSSR count). The first-order valence-electron chi connectivity index (χ1n) is 6.50. The van der Waals surface area contributed by atoms with Gasteiger partial charge < -0.3 is 9.15 Å². The fourth-order valence-electron chi connectivity index (χ4n) is 1.91. The normalized spacial score (nSPS) is 11.2. The Bertz CT molecular complexity index is 569. The molecule has 1 aromatic carbocycles. The number of ether oxygens (including phenoxy) is 1. The summed E-state index contributed by atoms with van der Waals surface area (Å²) in [7, 11) is 3.73. The van der Waals surface area contributed by atoms with E-state index in [0.717, 1.165) is 30.1 Å². The van der Waals surface area contributed by atoms with Crippen LogP contribution in [-0.4, -0.2) is 37.2 Å². The Morgan fingerprint density at radius 3 is 2.80 bits per heavy atom. The lowest BCUT2D eigenvalue weighted by Crippen LogP contribution is -2.22. The summed E-state index contributed by atoms with van der Waals surface area (Å²) in [6, 6.07) is 7.55. The first-order chi connectivity index (χ1) is 9.61. The molecule has 0 atom stereocenters. The van der Waals surface area contributed by atoms with E-state index in [9.17, 15) is 0 Å². The quantitative estimate of drug-likeness (QED) is 0.818. The number of benzene rings is 1. The number of nitrogens with zero attached hydrogens (tertiary/aromatic N) is 2. The van der Waals surface area contributed by atoms with Crippen LogP contribution < -0.4 is 0 Å². The molecule has 0 aliphatic heterocycles. The van der Waals surface area contributed by atoms with Gasteiger partial charge in [0, 0.05) is 20.2 Å². The Kier molecular flexibility index (Phi) is 5.17. The molecule has 5 heteroatoms. The number of hydrogen-bond acceptors (Lipinski definition) is 4. The van der Waals surface area contributed by atoms with Crippen LogP contribution in [0.15, 0.2) is 28.7 Å². The Morgan fingerprint density at radius 2 is 2.10 bits per heavy atom. The molecule has 1 heterocycles. The summed E-state index contributed by atoms with van der Waals surface area (Å²) in [6.07, 6.45) is 0. The second-order valence-electron chi connectivity index (χ2n) is 4.73. The molecule has 0 bridgehead atoms. The first-order valence-corrected chi connectivity index (χ1v) is 6.88. The summed E-state index contributed by atoms with van der Waals surface area (Å²) in [5.74, 6) is 1.40. The highest BCUT2D eigenvalue weighted by molar-refractivity contribution is 6.33. The standard InChI is InChI=1S/C15H19ClN2O2/c1-11-14(10-18(2)8-9-19-3)17-15(20-11)12-6-4-5-7-13(12)16/h4-7H,8-10H2,1-3H3. The average molecular weight is 295 g/mol. The second kappa shape index (κ2) is 6.88. The van der Waals surface area contributed by atoms with Crippen molar-refractivity contribution in [3.63, 3.8) is 0 Å². The molecule has 20 heavy (non-hydrogen) atoms. The van der Waals surface area contributed by atoms with E-state index < -0.39 is 0 Å². The van der Waals surface area contributed by atoms with Crippen molar-refractivity contribution in [2.75, 3.05) is 27.3 Å². The zero-order valence-corrected chi connectivity index (χ0v) is 12.8. The zero-order chi connectivity index (χ0) is 14.5. The highest BCUT2D eigenvalue weighted by Gasteiger charge is 2.14.